The molecule has 3 fully saturated rings. The fourth-order valence-corrected chi connectivity index (χ4v) is 6.41. The molecule has 3 nitrogen and oxygen atoms in total. The number of allylic oxidation sites excluding steroid dienone is 1. The van der Waals surface area contributed by atoms with E-state index in [-0.39, 0.29) is 123 Å². The molecule has 4 rings (SSSR count). The zero-order chi connectivity index (χ0) is 15.7. The van der Waals surface area contributed by atoms with Crippen molar-refractivity contribution in [1.29, 1.82) is 0 Å². The summed E-state index contributed by atoms with van der Waals surface area (Å²) in [5.74, 6) is 1.13. The van der Waals surface area contributed by atoms with Crippen LogP contribution >= 0.6 is 0 Å². The van der Waals surface area contributed by atoms with E-state index in [4.69, 9.17) is 0 Å². The summed E-state index contributed by atoms with van der Waals surface area (Å²) in [4.78, 5) is 12.9. The van der Waals surface area contributed by atoms with Gasteiger partial charge in [-0.05, 0) is 73.7 Å². The van der Waals surface area contributed by atoms with Crippen LogP contribution in [0.1, 0.15) is 58.8 Å². The van der Waals surface area contributed by atoms with Crippen LogP contribution in [-0.2, 0) is 4.79 Å². The largest absolute Gasteiger partial charge is 0.393 e. The van der Waals surface area contributed by atoms with Crippen molar-refractivity contribution in [3.05, 3.63) is 11.6 Å². The van der Waals surface area contributed by atoms with Crippen LogP contribution in [0.5, 0.6) is 0 Å². The van der Waals surface area contributed by atoms with Crippen LogP contribution in [0.3, 0.4) is 0 Å². The third kappa shape index (κ3) is 3.48. The van der Waals surface area contributed by atoms with Crippen molar-refractivity contribution in [2.45, 2.75) is 71.0 Å². The summed E-state index contributed by atoms with van der Waals surface area (Å²) in [5.41, 5.74) is 1.43. The molecule has 0 amide bonds. The summed E-state index contributed by atoms with van der Waals surface area (Å²) < 4.78 is 0. The van der Waals surface area contributed by atoms with Crippen LogP contribution in [0.2, 0.25) is 0 Å². The van der Waals surface area contributed by atoms with Gasteiger partial charge in [-0.2, -0.15) is 0 Å². The Kier molecular flexibility index (Phi) is 7.42. The van der Waals surface area contributed by atoms with Crippen molar-refractivity contribution >= 4 is 5.78 Å². The summed E-state index contributed by atoms with van der Waals surface area (Å²) in [6.45, 7) is 4.60. The number of hydrogen-bond acceptors (Lipinski definition) is 3. The Morgan fingerprint density at radius 2 is 1.75 bits per heavy atom. The number of ketones is 1. The van der Waals surface area contributed by atoms with Crippen LogP contribution < -0.4 is 0 Å². The van der Waals surface area contributed by atoms with Gasteiger partial charge in [-0.1, -0.05) is 19.4 Å². The summed E-state index contributed by atoms with van der Waals surface area (Å²) in [7, 11) is 0. The van der Waals surface area contributed by atoms with E-state index in [0.717, 1.165) is 38.5 Å². The van der Waals surface area contributed by atoms with Crippen molar-refractivity contribution in [1.82, 2.24) is 0 Å². The molecule has 0 spiro atoms. The monoisotopic (exact) mass is 758 g/mol. The van der Waals surface area contributed by atoms with Crippen molar-refractivity contribution in [3.8, 4) is 0 Å². The molecule has 2 N–H and O–H groups in total. The van der Waals surface area contributed by atoms with Gasteiger partial charge in [0.05, 0.1) is 12.2 Å². The third-order valence-corrected chi connectivity index (χ3v) is 7.67. The number of rotatable bonds is 0. The molecular formula is C19H28Ac2O3. The quantitative estimate of drug-likeness (QED) is 0.400. The second-order valence-electron chi connectivity index (χ2n) is 8.91. The Morgan fingerprint density at radius 1 is 1.04 bits per heavy atom. The van der Waals surface area contributed by atoms with Crippen LogP contribution in [0, 0.1) is 117 Å². The van der Waals surface area contributed by atoms with Gasteiger partial charge in [0.25, 0.3) is 0 Å². The predicted octanol–water partition coefficient (Wildman–Crippen LogP) is 2.85. The molecule has 4 aliphatic carbocycles. The van der Waals surface area contributed by atoms with Crippen LogP contribution in [0.4, 0.5) is 0 Å². The summed E-state index contributed by atoms with van der Waals surface area (Å²) >= 11 is 0. The molecule has 0 heterocycles. The van der Waals surface area contributed by atoms with Crippen molar-refractivity contribution in [2.24, 2.45) is 28.6 Å². The number of aliphatic hydroxyl groups is 2. The Bertz CT molecular complexity index is 549. The van der Waals surface area contributed by atoms with E-state index in [0.29, 0.717) is 18.3 Å². The van der Waals surface area contributed by atoms with Gasteiger partial charge in [-0.15, -0.1) is 0 Å². The predicted molar refractivity (Wildman–Crippen MR) is 84.1 cm³/mol. The van der Waals surface area contributed by atoms with Crippen molar-refractivity contribution in [2.75, 3.05) is 0 Å². The molecule has 0 aromatic rings. The normalized spacial score (nSPS) is 49.8. The van der Waals surface area contributed by atoms with E-state index in [1.54, 1.807) is 0 Å². The fourth-order valence-electron chi connectivity index (χ4n) is 6.41. The van der Waals surface area contributed by atoms with Crippen molar-refractivity contribution in [3.63, 3.8) is 0 Å². The standard InChI is InChI=1S/C19H28O3.2Ac/c1-18-5-4-14-17(15(18)9-13(21)10-18)16(22)8-11-7-12(20)3-6-19(11,14)2;;/h8,12-15,17,20-21H,3-7,9-10H2,1-2H3;;/t12?,13?,14?,15?,17?,18-,19+;;/m1../s1. The topological polar surface area (TPSA) is 57.5 Å². The van der Waals surface area contributed by atoms with Crippen molar-refractivity contribution < 1.29 is 103 Å². The molecule has 0 aliphatic heterocycles. The first-order valence-corrected chi connectivity index (χ1v) is 8.94. The molecular weight excluding hydrogens is 730 g/mol. The molecule has 5 heteroatoms. The number of hydrogen-bond donors (Lipinski definition) is 2. The molecule has 2 radical (unpaired) electrons. The van der Waals surface area contributed by atoms with Gasteiger partial charge in [0.1, 0.15) is 0 Å². The summed E-state index contributed by atoms with van der Waals surface area (Å²) in [5, 5.41) is 20.2. The van der Waals surface area contributed by atoms with Gasteiger partial charge in [-0.3, -0.25) is 4.79 Å². The second-order valence-corrected chi connectivity index (χ2v) is 8.91. The zero-order valence-electron chi connectivity index (χ0n) is 14.9. The fraction of sp³-hybridized carbons (Fsp3) is 0.842. The molecule has 7 atom stereocenters. The molecule has 0 saturated heterocycles. The third-order valence-electron chi connectivity index (χ3n) is 7.67. The maximum atomic E-state index is 12.9. The first-order valence-electron chi connectivity index (χ1n) is 8.94. The average molecular weight is 758 g/mol. The van der Waals surface area contributed by atoms with E-state index < -0.39 is 0 Å². The van der Waals surface area contributed by atoms with E-state index in [9.17, 15) is 15.0 Å². The number of aliphatic hydroxyl groups excluding tert-OH is 2. The molecule has 0 aromatic heterocycles. The molecule has 0 aromatic carbocycles. The minimum atomic E-state index is -0.272. The van der Waals surface area contributed by atoms with Crippen LogP contribution in [0.25, 0.3) is 0 Å². The molecule has 0 bridgehead atoms. The van der Waals surface area contributed by atoms with Gasteiger partial charge >= 0.3 is 0 Å². The number of carbonyl (C=O) groups is 1. The van der Waals surface area contributed by atoms with Gasteiger partial charge in [0, 0.05) is 94.0 Å². The van der Waals surface area contributed by atoms with E-state index in [1.165, 1.54) is 5.57 Å². The second kappa shape index (κ2) is 7.92. The zero-order valence-corrected chi connectivity index (χ0v) is 24.4. The van der Waals surface area contributed by atoms with E-state index in [1.807, 2.05) is 6.08 Å². The number of carbonyl (C=O) groups excluding carboxylic acids is 1. The SMILES string of the molecule is C[C@]12CCC3C(C(=O)C=C4CC(O)CC[C@@]43C)C1CC(O)C2.[Ac].[Ac]. The summed E-state index contributed by atoms with van der Waals surface area (Å²) in [6.07, 6.45) is 7.80. The van der Waals surface area contributed by atoms with E-state index >= 15 is 0 Å². The Labute approximate surface area is 216 Å². The molecule has 24 heavy (non-hydrogen) atoms. The molecule has 128 valence electrons. The van der Waals surface area contributed by atoms with Gasteiger partial charge in [0.2, 0.25) is 0 Å². The van der Waals surface area contributed by atoms with Gasteiger partial charge in [-0.25, -0.2) is 0 Å². The smallest absolute Gasteiger partial charge is 0.159 e. The Balaban J connectivity index is 0.00000104. The molecule has 3 saturated carbocycles. The average Bonchev–Trinajstić information content (AvgIpc) is 2.75. The van der Waals surface area contributed by atoms with Gasteiger partial charge < -0.3 is 10.2 Å². The Morgan fingerprint density at radius 3 is 2.46 bits per heavy atom. The van der Waals surface area contributed by atoms with Crippen LogP contribution in [0.15, 0.2) is 11.6 Å². The summed E-state index contributed by atoms with van der Waals surface area (Å²) in [6, 6.07) is 0. The maximum Gasteiger partial charge on any atom is 0.159 e. The minimum Gasteiger partial charge on any atom is -0.393 e. The first-order chi connectivity index (χ1) is 10.3. The first kappa shape index (κ1) is 22.5. The molecule has 5 unspecified atom stereocenters. The van der Waals surface area contributed by atoms with Gasteiger partial charge in [0.15, 0.2) is 5.78 Å². The minimum absolute atomic E-state index is 0. The van der Waals surface area contributed by atoms with E-state index in [2.05, 4.69) is 13.8 Å². The number of fused-ring (bicyclic) bond motifs is 5. The maximum absolute atomic E-state index is 12.9. The Hall–Kier alpha value is 2.21. The van der Waals surface area contributed by atoms with Crippen LogP contribution in [-0.4, -0.2) is 28.2 Å². The molecule has 4 aliphatic rings.